The van der Waals surface area contributed by atoms with Crippen molar-refractivity contribution in [3.8, 4) is 0 Å². The largest absolute Gasteiger partial charge is 0.364 e. The Bertz CT molecular complexity index is 197. The molecule has 0 N–H and O–H groups in total. The highest BCUT2D eigenvalue weighted by molar-refractivity contribution is 5.86. The first-order chi connectivity index (χ1) is 6.51. The average molecular weight is 199 g/mol. The van der Waals surface area contributed by atoms with E-state index in [1.54, 1.807) is 19.0 Å². The molecule has 0 aliphatic rings. The van der Waals surface area contributed by atoms with Crippen LogP contribution in [0.2, 0.25) is 0 Å². The van der Waals surface area contributed by atoms with Crippen molar-refractivity contribution in [2.24, 2.45) is 5.92 Å². The van der Waals surface area contributed by atoms with E-state index in [0.717, 1.165) is 19.4 Å². The van der Waals surface area contributed by atoms with Gasteiger partial charge in [0, 0.05) is 19.2 Å². The molecule has 14 heavy (non-hydrogen) atoms. The molecule has 0 aromatic heterocycles. The number of hydroxylamine groups is 2. The molecular formula is C11H21NO2. The van der Waals surface area contributed by atoms with E-state index >= 15 is 0 Å². The van der Waals surface area contributed by atoms with Crippen LogP contribution in [-0.4, -0.2) is 24.6 Å². The van der Waals surface area contributed by atoms with Crippen LogP contribution in [0.25, 0.3) is 0 Å². The molecule has 0 heterocycles. The van der Waals surface area contributed by atoms with Gasteiger partial charge in [0.2, 0.25) is 0 Å². The van der Waals surface area contributed by atoms with Crippen LogP contribution < -0.4 is 0 Å². The van der Waals surface area contributed by atoms with E-state index < -0.39 is 0 Å². The van der Waals surface area contributed by atoms with Gasteiger partial charge in [0.25, 0.3) is 0 Å². The predicted octanol–water partition coefficient (Wildman–Crippen LogP) is 2.39. The molecule has 0 amide bonds. The molecule has 3 nitrogen and oxygen atoms in total. The van der Waals surface area contributed by atoms with Crippen molar-refractivity contribution in [2.75, 3.05) is 13.6 Å². The van der Waals surface area contributed by atoms with Crippen molar-refractivity contribution >= 4 is 5.97 Å². The first-order valence-electron chi connectivity index (χ1n) is 5.10. The van der Waals surface area contributed by atoms with E-state index in [1.165, 1.54) is 0 Å². The number of hydrogen-bond acceptors (Lipinski definition) is 3. The van der Waals surface area contributed by atoms with Crippen molar-refractivity contribution < 1.29 is 9.63 Å². The Morgan fingerprint density at radius 2 is 1.93 bits per heavy atom. The third-order valence-corrected chi connectivity index (χ3v) is 2.26. The lowest BCUT2D eigenvalue weighted by Gasteiger charge is -2.21. The summed E-state index contributed by atoms with van der Waals surface area (Å²) in [6, 6.07) is 0. The second kappa shape index (κ2) is 6.60. The van der Waals surface area contributed by atoms with Gasteiger partial charge in [-0.1, -0.05) is 33.3 Å². The molecule has 82 valence electrons. The van der Waals surface area contributed by atoms with Gasteiger partial charge < -0.3 is 4.84 Å². The van der Waals surface area contributed by atoms with Gasteiger partial charge in [-0.2, -0.15) is 0 Å². The van der Waals surface area contributed by atoms with Gasteiger partial charge in [-0.15, -0.1) is 5.06 Å². The monoisotopic (exact) mass is 199 g/mol. The molecule has 0 spiro atoms. The van der Waals surface area contributed by atoms with E-state index in [-0.39, 0.29) is 5.97 Å². The summed E-state index contributed by atoms with van der Waals surface area (Å²) in [5.41, 5.74) is 0.432. The lowest BCUT2D eigenvalue weighted by Crippen LogP contribution is -2.28. The van der Waals surface area contributed by atoms with E-state index in [4.69, 9.17) is 4.84 Å². The Morgan fingerprint density at radius 1 is 1.43 bits per heavy atom. The maximum atomic E-state index is 11.1. The number of carbonyl (C=O) groups is 1. The normalized spacial score (nSPS) is 10.7. The second-order valence-electron chi connectivity index (χ2n) is 3.65. The first-order valence-corrected chi connectivity index (χ1v) is 5.10. The summed E-state index contributed by atoms with van der Waals surface area (Å²) in [7, 11) is 1.78. The van der Waals surface area contributed by atoms with Crippen LogP contribution in [0.5, 0.6) is 0 Å². The molecule has 0 radical (unpaired) electrons. The molecular weight excluding hydrogens is 178 g/mol. The molecule has 0 rings (SSSR count). The zero-order chi connectivity index (χ0) is 11.1. The number of nitrogens with zero attached hydrogens (tertiary/aromatic N) is 1. The summed E-state index contributed by atoms with van der Waals surface area (Å²) in [6.45, 7) is 10.2. The Labute approximate surface area is 86.7 Å². The maximum Gasteiger partial charge on any atom is 0.351 e. The molecule has 0 aromatic rings. The third kappa shape index (κ3) is 5.02. The van der Waals surface area contributed by atoms with Gasteiger partial charge in [0.15, 0.2) is 0 Å². The van der Waals surface area contributed by atoms with Gasteiger partial charge in [0.05, 0.1) is 0 Å². The molecule has 0 aliphatic carbocycles. The fourth-order valence-corrected chi connectivity index (χ4v) is 1.17. The Kier molecular flexibility index (Phi) is 6.21. The Balaban J connectivity index is 3.90. The first kappa shape index (κ1) is 13.2. The predicted molar refractivity (Wildman–Crippen MR) is 57.6 cm³/mol. The molecule has 0 aromatic carbocycles. The summed E-state index contributed by atoms with van der Waals surface area (Å²) < 4.78 is 0. The molecule has 0 fully saturated rings. The number of rotatable bonds is 6. The molecule has 0 saturated carbocycles. The zero-order valence-corrected chi connectivity index (χ0v) is 9.67. The minimum atomic E-state index is -0.349. The minimum absolute atomic E-state index is 0.349. The lowest BCUT2D eigenvalue weighted by molar-refractivity contribution is -0.181. The maximum absolute atomic E-state index is 11.1. The van der Waals surface area contributed by atoms with E-state index in [2.05, 4.69) is 20.4 Å². The van der Waals surface area contributed by atoms with E-state index in [1.807, 2.05) is 0 Å². The summed E-state index contributed by atoms with van der Waals surface area (Å²) in [5.74, 6) is 0.233. The van der Waals surface area contributed by atoms with Crippen LogP contribution in [0, 0.1) is 5.92 Å². The highest BCUT2D eigenvalue weighted by Gasteiger charge is 2.12. The van der Waals surface area contributed by atoms with Crippen LogP contribution >= 0.6 is 0 Å². The topological polar surface area (TPSA) is 29.5 Å². The van der Waals surface area contributed by atoms with Crippen LogP contribution in [-0.2, 0) is 9.63 Å². The molecule has 0 unspecified atom stereocenters. The average Bonchev–Trinajstić information content (AvgIpc) is 2.13. The molecule has 3 heteroatoms. The molecule has 0 bridgehead atoms. The van der Waals surface area contributed by atoms with Crippen molar-refractivity contribution in [1.29, 1.82) is 0 Å². The van der Waals surface area contributed by atoms with Gasteiger partial charge in [-0.3, -0.25) is 0 Å². The minimum Gasteiger partial charge on any atom is -0.364 e. The van der Waals surface area contributed by atoms with E-state index in [0.29, 0.717) is 11.5 Å². The van der Waals surface area contributed by atoms with Crippen molar-refractivity contribution in [3.05, 3.63) is 12.2 Å². The highest BCUT2D eigenvalue weighted by atomic mass is 16.7. The Morgan fingerprint density at radius 3 is 2.29 bits per heavy atom. The highest BCUT2D eigenvalue weighted by Crippen LogP contribution is 2.09. The fourth-order valence-electron chi connectivity index (χ4n) is 1.17. The summed E-state index contributed by atoms with van der Waals surface area (Å²) in [6.07, 6.45) is 2.21. The third-order valence-electron chi connectivity index (χ3n) is 2.26. The van der Waals surface area contributed by atoms with E-state index in [9.17, 15) is 4.79 Å². The quantitative estimate of drug-likeness (QED) is 0.486. The van der Waals surface area contributed by atoms with Crippen molar-refractivity contribution in [3.63, 3.8) is 0 Å². The summed E-state index contributed by atoms with van der Waals surface area (Å²) >= 11 is 0. The molecule has 0 atom stereocenters. The van der Waals surface area contributed by atoms with Crippen LogP contribution in [0.3, 0.4) is 0 Å². The molecule has 0 saturated heterocycles. The van der Waals surface area contributed by atoms with Crippen molar-refractivity contribution in [1.82, 2.24) is 5.06 Å². The fraction of sp³-hybridized carbons (Fsp3) is 0.727. The Hall–Kier alpha value is -0.830. The zero-order valence-electron chi connectivity index (χ0n) is 9.67. The van der Waals surface area contributed by atoms with Crippen LogP contribution in [0.1, 0.15) is 33.6 Å². The standard InChI is InChI=1S/C11H21NO2/c1-6-10(7-2)8-12(5)14-11(13)9(3)4/h10H,3,6-8H2,1-2,4-5H3. The van der Waals surface area contributed by atoms with Gasteiger partial charge >= 0.3 is 5.97 Å². The molecule has 0 aliphatic heterocycles. The second-order valence-corrected chi connectivity index (χ2v) is 3.65. The SMILES string of the molecule is C=C(C)C(=O)ON(C)CC(CC)CC. The van der Waals surface area contributed by atoms with Gasteiger partial charge in [-0.25, -0.2) is 4.79 Å². The van der Waals surface area contributed by atoms with Crippen LogP contribution in [0.15, 0.2) is 12.2 Å². The smallest absolute Gasteiger partial charge is 0.351 e. The summed E-state index contributed by atoms with van der Waals surface area (Å²) in [5, 5.41) is 1.59. The van der Waals surface area contributed by atoms with Gasteiger partial charge in [0.1, 0.15) is 0 Å². The number of carbonyl (C=O) groups excluding carboxylic acids is 1. The van der Waals surface area contributed by atoms with Gasteiger partial charge in [-0.05, 0) is 12.8 Å². The number of hydrogen-bond donors (Lipinski definition) is 0. The lowest BCUT2D eigenvalue weighted by atomic mass is 10.0. The summed E-state index contributed by atoms with van der Waals surface area (Å²) in [4.78, 5) is 16.2. The van der Waals surface area contributed by atoms with Crippen molar-refractivity contribution in [2.45, 2.75) is 33.6 Å². The van der Waals surface area contributed by atoms with Crippen LogP contribution in [0.4, 0.5) is 0 Å².